The molecule has 5 heteroatoms. The molecule has 0 spiro atoms. The molecule has 1 N–H and O–H groups in total. The predicted molar refractivity (Wildman–Crippen MR) is 114 cm³/mol. The largest absolute Gasteiger partial charge is 0.294 e. The molecule has 1 aromatic carbocycles. The van der Waals surface area contributed by atoms with Crippen LogP contribution in [0.1, 0.15) is 84.3 Å². The van der Waals surface area contributed by atoms with Gasteiger partial charge >= 0.3 is 0 Å². The first-order valence-electron chi connectivity index (χ1n) is 10.1. The molecule has 0 aliphatic carbocycles. The van der Waals surface area contributed by atoms with Gasteiger partial charge in [-0.15, -0.1) is 0 Å². The van der Waals surface area contributed by atoms with Gasteiger partial charge in [-0.05, 0) is 42.5 Å². The molecule has 3 nitrogen and oxygen atoms in total. The molecular formula is C21H37O3SSi. The second kappa shape index (κ2) is 10.6. The zero-order chi connectivity index (χ0) is 19.9. The van der Waals surface area contributed by atoms with E-state index in [0.717, 1.165) is 24.8 Å². The van der Waals surface area contributed by atoms with Crippen LogP contribution in [-0.2, 0) is 16.5 Å². The smallest absolute Gasteiger partial charge is 0.282 e. The summed E-state index contributed by atoms with van der Waals surface area (Å²) in [6, 6.07) is 3.47. The Hall–Kier alpha value is -0.653. The van der Waals surface area contributed by atoms with Gasteiger partial charge < -0.3 is 0 Å². The summed E-state index contributed by atoms with van der Waals surface area (Å²) in [6.45, 7) is 13.2. The average molecular weight is 398 g/mol. The average Bonchev–Trinajstić information content (AvgIpc) is 2.51. The number of aryl methyl sites for hydroxylation is 1. The van der Waals surface area contributed by atoms with Crippen molar-refractivity contribution in [1.82, 2.24) is 0 Å². The monoisotopic (exact) mass is 397 g/mol. The van der Waals surface area contributed by atoms with Crippen LogP contribution in [0.5, 0.6) is 0 Å². The molecule has 1 aromatic rings. The minimum atomic E-state index is -4.19. The van der Waals surface area contributed by atoms with Crippen LogP contribution in [0, 0.1) is 6.92 Å². The Bertz CT molecular complexity index is 658. The molecule has 0 atom stereocenters. The van der Waals surface area contributed by atoms with Crippen LogP contribution in [0.15, 0.2) is 17.0 Å². The fraction of sp³-hybridized carbons (Fsp3) is 0.714. The SMILES string of the molecule is CCCCCCCCc1c(S(=O)(=O)O)ccc(C)c1[Si](C(C)C)C(C)C. The molecule has 0 aliphatic rings. The van der Waals surface area contributed by atoms with E-state index in [-0.39, 0.29) is 4.90 Å². The van der Waals surface area contributed by atoms with E-state index in [0.29, 0.717) is 11.1 Å². The Labute approximate surface area is 163 Å². The fourth-order valence-corrected chi connectivity index (χ4v) is 8.44. The standard InChI is InChI=1S/C21H37O3SSi/c1-7-8-9-10-11-12-13-19-20(25(22,23)24)15-14-18(6)21(19)26(16(2)3)17(4)5/h14-17H,7-13H2,1-6H3,(H,22,23,24). The van der Waals surface area contributed by atoms with E-state index in [1.807, 2.05) is 6.07 Å². The lowest BCUT2D eigenvalue weighted by Crippen LogP contribution is -2.41. The lowest BCUT2D eigenvalue weighted by atomic mass is 10.0. The lowest BCUT2D eigenvalue weighted by molar-refractivity contribution is 0.481. The van der Waals surface area contributed by atoms with Crippen molar-refractivity contribution in [2.24, 2.45) is 0 Å². The molecule has 0 unspecified atom stereocenters. The minimum Gasteiger partial charge on any atom is -0.282 e. The van der Waals surface area contributed by atoms with Gasteiger partial charge in [-0.2, -0.15) is 8.42 Å². The van der Waals surface area contributed by atoms with E-state index in [2.05, 4.69) is 41.5 Å². The maximum Gasteiger partial charge on any atom is 0.294 e. The molecule has 0 aliphatic heterocycles. The van der Waals surface area contributed by atoms with Gasteiger partial charge in [-0.3, -0.25) is 4.55 Å². The van der Waals surface area contributed by atoms with Crippen LogP contribution in [0.25, 0.3) is 0 Å². The quantitative estimate of drug-likeness (QED) is 0.297. The molecule has 0 amide bonds. The zero-order valence-electron chi connectivity index (χ0n) is 17.4. The van der Waals surface area contributed by atoms with Gasteiger partial charge in [0.2, 0.25) is 0 Å². The molecule has 0 heterocycles. The second-order valence-electron chi connectivity index (χ2n) is 7.99. The van der Waals surface area contributed by atoms with E-state index < -0.39 is 18.9 Å². The van der Waals surface area contributed by atoms with Crippen molar-refractivity contribution >= 4 is 24.1 Å². The van der Waals surface area contributed by atoms with Gasteiger partial charge in [-0.25, -0.2) is 0 Å². The molecule has 0 fully saturated rings. The van der Waals surface area contributed by atoms with Crippen molar-refractivity contribution in [3.63, 3.8) is 0 Å². The molecule has 1 rings (SSSR count). The molecular weight excluding hydrogens is 360 g/mol. The van der Waals surface area contributed by atoms with Crippen LogP contribution in [0.3, 0.4) is 0 Å². The number of rotatable bonds is 11. The predicted octanol–water partition coefficient (Wildman–Crippen LogP) is 5.67. The summed E-state index contributed by atoms with van der Waals surface area (Å²) in [5, 5.41) is 1.24. The van der Waals surface area contributed by atoms with Crippen LogP contribution >= 0.6 is 0 Å². The highest BCUT2D eigenvalue weighted by molar-refractivity contribution is 7.85. The summed E-state index contributed by atoms with van der Waals surface area (Å²) < 4.78 is 33.8. The summed E-state index contributed by atoms with van der Waals surface area (Å²) in [5.74, 6) is 0. The van der Waals surface area contributed by atoms with E-state index in [1.54, 1.807) is 6.07 Å². The third-order valence-corrected chi connectivity index (χ3v) is 9.77. The van der Waals surface area contributed by atoms with Gasteiger partial charge in [0, 0.05) is 0 Å². The Kier molecular flexibility index (Phi) is 9.55. The van der Waals surface area contributed by atoms with Crippen LogP contribution in [0.4, 0.5) is 0 Å². The van der Waals surface area contributed by atoms with Crippen LogP contribution in [-0.4, -0.2) is 21.8 Å². The topological polar surface area (TPSA) is 54.4 Å². The van der Waals surface area contributed by atoms with Crippen molar-refractivity contribution in [1.29, 1.82) is 0 Å². The van der Waals surface area contributed by atoms with Crippen molar-refractivity contribution in [3.05, 3.63) is 23.3 Å². The zero-order valence-corrected chi connectivity index (χ0v) is 19.2. The molecule has 149 valence electrons. The molecule has 26 heavy (non-hydrogen) atoms. The van der Waals surface area contributed by atoms with Gasteiger partial charge in [-0.1, -0.05) is 83.5 Å². The Morgan fingerprint density at radius 3 is 2.00 bits per heavy atom. The van der Waals surface area contributed by atoms with Gasteiger partial charge in [0.05, 0.1) is 13.7 Å². The Morgan fingerprint density at radius 1 is 0.962 bits per heavy atom. The normalized spacial score (nSPS) is 12.5. The van der Waals surface area contributed by atoms with Crippen LogP contribution in [0.2, 0.25) is 11.1 Å². The molecule has 0 aromatic heterocycles. The third kappa shape index (κ3) is 6.50. The second-order valence-corrected chi connectivity index (χ2v) is 13.1. The first-order valence-corrected chi connectivity index (χ1v) is 13.2. The maximum atomic E-state index is 12.0. The molecule has 0 saturated heterocycles. The molecule has 0 bridgehead atoms. The van der Waals surface area contributed by atoms with E-state index in [4.69, 9.17) is 0 Å². The summed E-state index contributed by atoms with van der Waals surface area (Å²) in [6.07, 6.45) is 7.77. The fourth-order valence-electron chi connectivity index (χ4n) is 3.96. The van der Waals surface area contributed by atoms with E-state index in [9.17, 15) is 13.0 Å². The Morgan fingerprint density at radius 2 is 1.50 bits per heavy atom. The van der Waals surface area contributed by atoms with Gasteiger partial charge in [0.15, 0.2) is 0 Å². The van der Waals surface area contributed by atoms with Gasteiger partial charge in [0.1, 0.15) is 0 Å². The summed E-state index contributed by atoms with van der Waals surface area (Å²) in [4.78, 5) is 0.135. The van der Waals surface area contributed by atoms with E-state index >= 15 is 0 Å². The number of unbranched alkanes of at least 4 members (excludes halogenated alkanes) is 5. The highest BCUT2D eigenvalue weighted by Gasteiger charge is 2.29. The Balaban J connectivity index is 3.26. The first kappa shape index (κ1) is 23.4. The van der Waals surface area contributed by atoms with Crippen molar-refractivity contribution < 1.29 is 13.0 Å². The molecule has 0 saturated carbocycles. The maximum absolute atomic E-state index is 12.0. The summed E-state index contributed by atoms with van der Waals surface area (Å²) in [5.41, 5.74) is 3.09. The minimum absolute atomic E-state index is 0.135. The van der Waals surface area contributed by atoms with Gasteiger partial charge in [0.25, 0.3) is 10.1 Å². The van der Waals surface area contributed by atoms with Crippen molar-refractivity contribution in [3.8, 4) is 0 Å². The highest BCUT2D eigenvalue weighted by atomic mass is 32.2. The van der Waals surface area contributed by atoms with Crippen LogP contribution < -0.4 is 5.19 Å². The third-order valence-electron chi connectivity index (χ3n) is 5.07. The number of benzene rings is 1. The number of hydrogen-bond acceptors (Lipinski definition) is 2. The lowest BCUT2D eigenvalue weighted by Gasteiger charge is -2.28. The molecule has 1 radical (unpaired) electrons. The number of hydrogen-bond donors (Lipinski definition) is 1. The van der Waals surface area contributed by atoms with Crippen molar-refractivity contribution in [2.75, 3.05) is 0 Å². The summed E-state index contributed by atoms with van der Waals surface area (Å²) >= 11 is 0. The van der Waals surface area contributed by atoms with Crippen molar-refractivity contribution in [2.45, 2.75) is 102 Å². The first-order chi connectivity index (χ1) is 12.1. The van der Waals surface area contributed by atoms with E-state index in [1.165, 1.54) is 36.4 Å². The highest BCUT2D eigenvalue weighted by Crippen LogP contribution is 2.27. The summed E-state index contributed by atoms with van der Waals surface area (Å²) in [7, 11) is -5.12.